The number of aromatic hydroxyl groups is 1. The predicted molar refractivity (Wildman–Crippen MR) is 132 cm³/mol. The molecule has 3 aromatic rings. The minimum absolute atomic E-state index is 0.0109. The van der Waals surface area contributed by atoms with Gasteiger partial charge in [0.25, 0.3) is 10.0 Å². The fourth-order valence-electron chi connectivity index (χ4n) is 3.23. The van der Waals surface area contributed by atoms with Crippen molar-refractivity contribution in [1.29, 1.82) is 0 Å². The summed E-state index contributed by atoms with van der Waals surface area (Å²) >= 11 is 5.85. The normalized spacial score (nSPS) is 11.3. The number of benzene rings is 3. The first-order chi connectivity index (χ1) is 16.2. The Kier molecular flexibility index (Phi) is 7.80. The molecule has 0 spiro atoms. The van der Waals surface area contributed by atoms with Crippen LogP contribution in [0.15, 0.2) is 53.4 Å². The summed E-state index contributed by atoms with van der Waals surface area (Å²) in [5.41, 5.74) is 1.32. The largest absolute Gasteiger partial charge is 0.504 e. The molecule has 0 fully saturated rings. The van der Waals surface area contributed by atoms with Crippen molar-refractivity contribution in [2.45, 2.75) is 4.90 Å². The molecule has 0 atom stereocenters. The zero-order chi connectivity index (χ0) is 24.9. The second-order valence-electron chi connectivity index (χ2n) is 6.97. The topological polar surface area (TPSA) is 103 Å². The zero-order valence-corrected chi connectivity index (χ0v) is 20.5. The number of anilines is 1. The number of halogens is 1. The minimum Gasteiger partial charge on any atom is -0.504 e. The third-order valence-electron chi connectivity index (χ3n) is 4.82. The lowest BCUT2D eigenvalue weighted by Gasteiger charge is -2.14. The number of ether oxygens (including phenoxy) is 4. The maximum Gasteiger partial charge on any atom is 0.262 e. The van der Waals surface area contributed by atoms with Gasteiger partial charge in [-0.05, 0) is 59.7 Å². The van der Waals surface area contributed by atoms with E-state index >= 15 is 0 Å². The maximum atomic E-state index is 12.8. The van der Waals surface area contributed by atoms with Crippen molar-refractivity contribution < 1.29 is 32.5 Å². The first-order valence-electron chi connectivity index (χ1n) is 9.90. The molecule has 0 amide bonds. The molecule has 0 saturated heterocycles. The summed E-state index contributed by atoms with van der Waals surface area (Å²) in [5.74, 6) is 1.18. The quantitative estimate of drug-likeness (QED) is 0.392. The number of phenols is 1. The van der Waals surface area contributed by atoms with Gasteiger partial charge in [0.05, 0.1) is 39.0 Å². The smallest absolute Gasteiger partial charge is 0.262 e. The Morgan fingerprint density at radius 3 is 1.82 bits per heavy atom. The molecule has 8 nitrogen and oxygen atoms in total. The number of phenolic OH excluding ortho intramolecular Hbond substituents is 1. The number of nitrogens with one attached hydrogen (secondary N) is 1. The average molecular weight is 506 g/mol. The van der Waals surface area contributed by atoms with Crippen LogP contribution in [0.3, 0.4) is 0 Å². The highest BCUT2D eigenvalue weighted by atomic mass is 35.5. The monoisotopic (exact) mass is 505 g/mol. The second kappa shape index (κ2) is 10.6. The van der Waals surface area contributed by atoms with E-state index in [-0.39, 0.29) is 22.1 Å². The maximum absolute atomic E-state index is 12.8. The molecule has 0 aliphatic rings. The van der Waals surface area contributed by atoms with Crippen molar-refractivity contribution in [2.75, 3.05) is 33.2 Å². The zero-order valence-electron chi connectivity index (χ0n) is 19.0. The predicted octanol–water partition coefficient (Wildman–Crippen LogP) is 5.05. The summed E-state index contributed by atoms with van der Waals surface area (Å²) in [5, 5.41) is 10.8. The second-order valence-corrected chi connectivity index (χ2v) is 9.09. The summed E-state index contributed by atoms with van der Waals surface area (Å²) in [7, 11) is 1.93. The molecule has 0 saturated carbocycles. The molecule has 180 valence electrons. The molecule has 0 bridgehead atoms. The van der Waals surface area contributed by atoms with E-state index in [1.807, 2.05) is 0 Å². The molecule has 0 aromatic heterocycles. The highest BCUT2D eigenvalue weighted by molar-refractivity contribution is 7.92. The van der Waals surface area contributed by atoms with Crippen LogP contribution in [0.4, 0.5) is 5.69 Å². The fraction of sp³-hybridized carbons (Fsp3) is 0.167. The van der Waals surface area contributed by atoms with Crippen LogP contribution in [-0.2, 0) is 10.0 Å². The van der Waals surface area contributed by atoms with Gasteiger partial charge in [-0.15, -0.1) is 0 Å². The van der Waals surface area contributed by atoms with Crippen LogP contribution in [-0.4, -0.2) is 42.0 Å². The molecule has 0 radical (unpaired) electrons. The standard InChI is InChI=1S/C24H24ClNO7S/c1-30-21-13-16(14-22(31-2)24(21)33-4)6-5-15-11-19(23(32-3)20(27)12-15)26-34(28,29)18-9-7-17(25)8-10-18/h5-14,26-27H,1-4H3/b6-5-. The fourth-order valence-corrected chi connectivity index (χ4v) is 4.41. The van der Waals surface area contributed by atoms with Crippen LogP contribution < -0.4 is 23.7 Å². The van der Waals surface area contributed by atoms with Crippen molar-refractivity contribution in [1.82, 2.24) is 0 Å². The number of methoxy groups -OCH3 is 4. The van der Waals surface area contributed by atoms with Crippen LogP contribution in [0, 0.1) is 0 Å². The van der Waals surface area contributed by atoms with Gasteiger partial charge in [0.1, 0.15) is 0 Å². The molecule has 0 unspecified atom stereocenters. The SMILES string of the molecule is COc1cc(/C=C\c2cc(O)c(OC)c(NS(=O)(=O)c3ccc(Cl)cc3)c2)cc(OC)c1OC. The van der Waals surface area contributed by atoms with Crippen LogP contribution >= 0.6 is 11.6 Å². The van der Waals surface area contributed by atoms with Gasteiger partial charge in [0.15, 0.2) is 23.0 Å². The van der Waals surface area contributed by atoms with Gasteiger partial charge in [0.2, 0.25) is 5.75 Å². The highest BCUT2D eigenvalue weighted by Gasteiger charge is 2.19. The molecule has 0 heterocycles. The third kappa shape index (κ3) is 5.49. The lowest BCUT2D eigenvalue weighted by molar-refractivity contribution is 0.324. The summed E-state index contributed by atoms with van der Waals surface area (Å²) < 4.78 is 49.4. The van der Waals surface area contributed by atoms with Crippen molar-refractivity contribution in [2.24, 2.45) is 0 Å². The first-order valence-corrected chi connectivity index (χ1v) is 11.8. The number of hydrogen-bond acceptors (Lipinski definition) is 7. The van der Waals surface area contributed by atoms with E-state index in [4.69, 9.17) is 30.5 Å². The first kappa shape index (κ1) is 25.1. The lowest BCUT2D eigenvalue weighted by atomic mass is 10.1. The van der Waals surface area contributed by atoms with Crippen LogP contribution in [0.2, 0.25) is 5.02 Å². The van der Waals surface area contributed by atoms with Crippen LogP contribution in [0.5, 0.6) is 28.7 Å². The van der Waals surface area contributed by atoms with Crippen LogP contribution in [0.25, 0.3) is 12.2 Å². The van der Waals surface area contributed by atoms with Gasteiger partial charge >= 0.3 is 0 Å². The summed E-state index contributed by atoms with van der Waals surface area (Å²) in [6.07, 6.45) is 3.45. The van der Waals surface area contributed by atoms with E-state index in [1.54, 1.807) is 30.4 Å². The van der Waals surface area contributed by atoms with Gasteiger partial charge in [0, 0.05) is 5.02 Å². The molecule has 34 heavy (non-hydrogen) atoms. The number of sulfonamides is 1. The molecule has 3 aromatic carbocycles. The van der Waals surface area contributed by atoms with E-state index in [0.717, 1.165) is 5.56 Å². The summed E-state index contributed by atoms with van der Waals surface area (Å²) in [6.45, 7) is 0. The average Bonchev–Trinajstić information content (AvgIpc) is 2.81. The number of hydrogen-bond donors (Lipinski definition) is 2. The van der Waals surface area contributed by atoms with Gasteiger partial charge in [-0.3, -0.25) is 4.72 Å². The summed E-state index contributed by atoms with van der Waals surface area (Å²) in [4.78, 5) is 0.0109. The van der Waals surface area contributed by atoms with Crippen molar-refractivity contribution in [3.8, 4) is 28.7 Å². The summed E-state index contributed by atoms with van der Waals surface area (Å²) in [6, 6.07) is 12.2. The van der Waals surface area contributed by atoms with Crippen molar-refractivity contribution in [3.63, 3.8) is 0 Å². The van der Waals surface area contributed by atoms with E-state index < -0.39 is 10.0 Å². The Morgan fingerprint density at radius 1 is 0.794 bits per heavy atom. The highest BCUT2D eigenvalue weighted by Crippen LogP contribution is 2.40. The molecular weight excluding hydrogens is 482 g/mol. The number of rotatable bonds is 9. The molecule has 3 rings (SSSR count). The van der Waals surface area contributed by atoms with Gasteiger partial charge in [-0.2, -0.15) is 0 Å². The molecule has 2 N–H and O–H groups in total. The molecule has 0 aliphatic heterocycles. The lowest BCUT2D eigenvalue weighted by Crippen LogP contribution is -2.13. The van der Waals surface area contributed by atoms with Crippen LogP contribution in [0.1, 0.15) is 11.1 Å². The Labute approximate surface area is 203 Å². The van der Waals surface area contributed by atoms with E-state index in [1.165, 1.54) is 58.8 Å². The Hall–Kier alpha value is -3.56. The molecular formula is C24H24ClNO7S. The molecule has 10 heteroatoms. The van der Waals surface area contributed by atoms with Gasteiger partial charge in [-0.25, -0.2) is 8.42 Å². The Bertz CT molecular complexity index is 1280. The van der Waals surface area contributed by atoms with E-state index in [9.17, 15) is 13.5 Å². The van der Waals surface area contributed by atoms with Crippen molar-refractivity contribution >= 4 is 39.5 Å². The van der Waals surface area contributed by atoms with E-state index in [0.29, 0.717) is 27.8 Å². The van der Waals surface area contributed by atoms with Crippen molar-refractivity contribution in [3.05, 3.63) is 64.7 Å². The molecule has 0 aliphatic carbocycles. The van der Waals surface area contributed by atoms with Gasteiger partial charge < -0.3 is 24.1 Å². The Morgan fingerprint density at radius 2 is 1.32 bits per heavy atom. The van der Waals surface area contributed by atoms with Gasteiger partial charge in [-0.1, -0.05) is 23.8 Å². The Balaban J connectivity index is 1.98. The minimum atomic E-state index is -3.96. The third-order valence-corrected chi connectivity index (χ3v) is 6.45. The van der Waals surface area contributed by atoms with E-state index in [2.05, 4.69) is 4.72 Å².